The molecule has 0 heterocycles. The van der Waals surface area contributed by atoms with Gasteiger partial charge in [-0.25, -0.2) is 11.0 Å². The number of nitrogens with one attached hydrogen (secondary N) is 1. The molecular weight excluding hydrogens is 302 g/mol. The van der Waals surface area contributed by atoms with Crippen molar-refractivity contribution >= 4 is 5.84 Å². The largest absolute Gasteiger partial charge is 0.457 e. The van der Waals surface area contributed by atoms with Gasteiger partial charge in [-0.2, -0.15) is 0 Å². The Morgan fingerprint density at radius 1 is 1.12 bits per heavy atom. The minimum Gasteiger partial charge on any atom is -0.457 e. The van der Waals surface area contributed by atoms with Crippen LogP contribution in [0.2, 0.25) is 0 Å². The summed E-state index contributed by atoms with van der Waals surface area (Å²) >= 11 is 0. The van der Waals surface area contributed by atoms with Crippen molar-refractivity contribution in [3.63, 3.8) is 0 Å². The van der Waals surface area contributed by atoms with Crippen molar-refractivity contribution in [3.05, 3.63) is 60.2 Å². The normalized spacial score (nSPS) is 12.7. The van der Waals surface area contributed by atoms with Gasteiger partial charge >= 0.3 is 0 Å². The average Bonchev–Trinajstić information content (AvgIpc) is 2.57. The third-order valence-electron chi connectivity index (χ3n) is 3.50. The van der Waals surface area contributed by atoms with Gasteiger partial charge in [0.15, 0.2) is 0 Å². The van der Waals surface area contributed by atoms with E-state index in [1.807, 2.05) is 61.6 Å². The molecule has 1 unspecified atom stereocenters. The summed E-state index contributed by atoms with van der Waals surface area (Å²) in [5.41, 5.74) is 6.69. The fourth-order valence-corrected chi connectivity index (χ4v) is 2.37. The van der Waals surface area contributed by atoms with Gasteiger partial charge in [-0.15, -0.1) is 5.10 Å². The maximum atomic E-state index is 6.06. The minimum absolute atomic E-state index is 0.0678. The topological polar surface area (TPSA) is 88.9 Å². The van der Waals surface area contributed by atoms with E-state index in [-0.39, 0.29) is 6.04 Å². The van der Waals surface area contributed by atoms with Gasteiger partial charge in [0.2, 0.25) is 0 Å². The SMILES string of the molecule is CNCCC(c1ccc(Oc2ccccc2)cc1)N(N)/N=C(/C)N. The summed E-state index contributed by atoms with van der Waals surface area (Å²) in [6.07, 6.45) is 0.808. The molecule has 0 aliphatic carbocycles. The molecule has 1 atom stereocenters. The van der Waals surface area contributed by atoms with Gasteiger partial charge in [0.05, 0.1) is 6.04 Å². The van der Waals surface area contributed by atoms with Gasteiger partial charge in [0, 0.05) is 0 Å². The molecule has 0 bridgehead atoms. The molecule has 2 aromatic rings. The number of benzene rings is 2. The van der Waals surface area contributed by atoms with Crippen LogP contribution in [0.1, 0.15) is 24.9 Å². The Hall–Kier alpha value is -2.57. The molecule has 0 saturated carbocycles. The molecule has 0 aromatic heterocycles. The number of nitrogens with zero attached hydrogens (tertiary/aromatic N) is 2. The highest BCUT2D eigenvalue weighted by atomic mass is 16.5. The van der Waals surface area contributed by atoms with Crippen LogP contribution in [0.4, 0.5) is 0 Å². The molecule has 2 rings (SSSR count). The van der Waals surface area contributed by atoms with Crippen molar-refractivity contribution in [1.82, 2.24) is 10.4 Å². The molecule has 128 valence electrons. The summed E-state index contributed by atoms with van der Waals surface area (Å²) in [6.45, 7) is 2.53. The maximum absolute atomic E-state index is 6.06. The van der Waals surface area contributed by atoms with Crippen LogP contribution in [-0.4, -0.2) is 24.5 Å². The van der Waals surface area contributed by atoms with Crippen molar-refractivity contribution in [2.45, 2.75) is 19.4 Å². The van der Waals surface area contributed by atoms with E-state index in [2.05, 4.69) is 10.4 Å². The summed E-state index contributed by atoms with van der Waals surface area (Å²) in [5.74, 6) is 8.07. The molecule has 5 N–H and O–H groups in total. The molecular formula is C18H25N5O. The van der Waals surface area contributed by atoms with E-state index >= 15 is 0 Å². The number of hydrogen-bond donors (Lipinski definition) is 3. The third-order valence-corrected chi connectivity index (χ3v) is 3.50. The molecule has 0 radical (unpaired) electrons. The predicted molar refractivity (Wildman–Crippen MR) is 97.6 cm³/mol. The van der Waals surface area contributed by atoms with Crippen molar-refractivity contribution in [2.75, 3.05) is 13.6 Å². The first-order valence-corrected chi connectivity index (χ1v) is 7.92. The zero-order chi connectivity index (χ0) is 17.4. The van der Waals surface area contributed by atoms with Crippen LogP contribution in [0.5, 0.6) is 11.5 Å². The zero-order valence-corrected chi connectivity index (χ0v) is 14.1. The van der Waals surface area contributed by atoms with Gasteiger partial charge in [0.25, 0.3) is 0 Å². The van der Waals surface area contributed by atoms with E-state index in [1.165, 1.54) is 5.12 Å². The van der Waals surface area contributed by atoms with E-state index in [9.17, 15) is 0 Å². The lowest BCUT2D eigenvalue weighted by molar-refractivity contribution is 0.200. The highest BCUT2D eigenvalue weighted by Gasteiger charge is 2.16. The van der Waals surface area contributed by atoms with Crippen LogP contribution in [0.3, 0.4) is 0 Å². The highest BCUT2D eigenvalue weighted by molar-refractivity contribution is 5.77. The number of amidine groups is 1. The smallest absolute Gasteiger partial charge is 0.127 e. The first-order valence-electron chi connectivity index (χ1n) is 7.92. The molecule has 0 aliphatic rings. The molecule has 0 spiro atoms. The standard InChI is InChI=1S/C18H25N5O/c1-14(19)22-23(20)18(12-13-21-2)15-8-10-17(11-9-15)24-16-6-4-3-5-7-16/h3-11,18,21H,12-13,20H2,1-2H3,(H2,19,22). The number of hydrogen-bond acceptors (Lipinski definition) is 5. The Labute approximate surface area is 143 Å². The second kappa shape index (κ2) is 8.90. The number of ether oxygens (including phenoxy) is 1. The molecule has 6 nitrogen and oxygen atoms in total. The third kappa shape index (κ3) is 5.26. The minimum atomic E-state index is -0.0678. The van der Waals surface area contributed by atoms with E-state index in [1.54, 1.807) is 6.92 Å². The average molecular weight is 327 g/mol. The van der Waals surface area contributed by atoms with Crippen LogP contribution in [0, 0.1) is 0 Å². The lowest BCUT2D eigenvalue weighted by Gasteiger charge is -2.25. The lowest BCUT2D eigenvalue weighted by Crippen LogP contribution is -2.34. The second-order valence-corrected chi connectivity index (χ2v) is 5.51. The monoisotopic (exact) mass is 327 g/mol. The Balaban J connectivity index is 2.13. The summed E-state index contributed by atoms with van der Waals surface area (Å²) in [6, 6.07) is 17.5. The predicted octanol–water partition coefficient (Wildman–Crippen LogP) is 2.60. The first kappa shape index (κ1) is 17.8. The second-order valence-electron chi connectivity index (χ2n) is 5.51. The quantitative estimate of drug-likeness (QED) is 0.300. The summed E-state index contributed by atoms with van der Waals surface area (Å²) in [7, 11) is 1.91. The van der Waals surface area contributed by atoms with E-state index in [4.69, 9.17) is 16.3 Å². The zero-order valence-electron chi connectivity index (χ0n) is 14.1. The molecule has 0 saturated heterocycles. The van der Waals surface area contributed by atoms with Crippen molar-refractivity contribution in [3.8, 4) is 11.5 Å². The number of para-hydroxylation sites is 1. The van der Waals surface area contributed by atoms with Gasteiger partial charge < -0.3 is 15.8 Å². The molecule has 0 fully saturated rings. The molecule has 0 aliphatic heterocycles. The number of hydrazine groups is 1. The summed E-state index contributed by atoms with van der Waals surface area (Å²) < 4.78 is 5.81. The Morgan fingerprint density at radius 2 is 1.75 bits per heavy atom. The summed E-state index contributed by atoms with van der Waals surface area (Å²) in [4.78, 5) is 0. The Morgan fingerprint density at radius 3 is 2.33 bits per heavy atom. The van der Waals surface area contributed by atoms with Gasteiger partial charge in [0.1, 0.15) is 17.3 Å². The number of nitrogens with two attached hydrogens (primary N) is 2. The van der Waals surface area contributed by atoms with Crippen LogP contribution in [0.25, 0.3) is 0 Å². The summed E-state index contributed by atoms with van der Waals surface area (Å²) in [5, 5.41) is 8.69. The maximum Gasteiger partial charge on any atom is 0.127 e. The van der Waals surface area contributed by atoms with Crippen LogP contribution >= 0.6 is 0 Å². The first-order chi connectivity index (χ1) is 11.6. The number of rotatable bonds is 8. The molecule has 0 amide bonds. The van der Waals surface area contributed by atoms with E-state index in [0.717, 1.165) is 30.0 Å². The van der Waals surface area contributed by atoms with Gasteiger partial charge in [-0.3, -0.25) is 0 Å². The molecule has 6 heteroatoms. The van der Waals surface area contributed by atoms with Crippen molar-refractivity contribution in [1.29, 1.82) is 0 Å². The Bertz CT molecular complexity index is 638. The van der Waals surface area contributed by atoms with Crippen molar-refractivity contribution in [2.24, 2.45) is 16.7 Å². The van der Waals surface area contributed by atoms with E-state index < -0.39 is 0 Å². The lowest BCUT2D eigenvalue weighted by atomic mass is 10.0. The van der Waals surface area contributed by atoms with Crippen molar-refractivity contribution < 1.29 is 4.74 Å². The van der Waals surface area contributed by atoms with Crippen LogP contribution in [0.15, 0.2) is 59.7 Å². The Kier molecular flexibility index (Phi) is 6.60. The fourth-order valence-electron chi connectivity index (χ4n) is 2.37. The molecule has 2 aromatic carbocycles. The van der Waals surface area contributed by atoms with E-state index in [0.29, 0.717) is 5.84 Å². The van der Waals surface area contributed by atoms with Gasteiger partial charge in [-0.1, -0.05) is 30.3 Å². The van der Waals surface area contributed by atoms with Crippen LogP contribution < -0.4 is 21.6 Å². The fraction of sp³-hybridized carbons (Fsp3) is 0.278. The van der Waals surface area contributed by atoms with Crippen LogP contribution in [-0.2, 0) is 0 Å². The van der Waals surface area contributed by atoms with Gasteiger partial charge in [-0.05, 0) is 56.8 Å². The molecule has 24 heavy (non-hydrogen) atoms. The highest BCUT2D eigenvalue weighted by Crippen LogP contribution is 2.26. The number of hydrazone groups is 1.